The molecule has 1 aliphatic rings. The molecule has 180 valence electrons. The summed E-state index contributed by atoms with van der Waals surface area (Å²) in [6.07, 6.45) is -3.07. The van der Waals surface area contributed by atoms with Crippen molar-refractivity contribution in [3.05, 3.63) is 52.1 Å². The first-order valence-electron chi connectivity index (χ1n) is 10.8. The second-order valence-electron chi connectivity index (χ2n) is 8.84. The number of carbonyl (C=O) groups is 2. The molecule has 10 heteroatoms. The van der Waals surface area contributed by atoms with E-state index in [9.17, 15) is 22.8 Å². The summed E-state index contributed by atoms with van der Waals surface area (Å²) in [5.41, 5.74) is 0.215. The van der Waals surface area contributed by atoms with Crippen molar-refractivity contribution in [2.75, 3.05) is 13.2 Å². The highest BCUT2D eigenvalue weighted by molar-refractivity contribution is 5.89. The number of rotatable bonds is 5. The summed E-state index contributed by atoms with van der Waals surface area (Å²) in [6, 6.07) is 2.52. The molecule has 33 heavy (non-hydrogen) atoms. The first-order valence-corrected chi connectivity index (χ1v) is 10.8. The number of esters is 1. The van der Waals surface area contributed by atoms with Gasteiger partial charge in [0.25, 0.3) is 6.43 Å². The van der Waals surface area contributed by atoms with Gasteiger partial charge in [-0.15, -0.1) is 0 Å². The number of benzene rings is 1. The Hall–Kier alpha value is -3.04. The zero-order valence-electron chi connectivity index (χ0n) is 19.3. The lowest BCUT2D eigenvalue weighted by molar-refractivity contribution is 0.0219. The van der Waals surface area contributed by atoms with Crippen molar-refractivity contribution in [2.24, 2.45) is 0 Å². The van der Waals surface area contributed by atoms with E-state index >= 15 is 0 Å². The largest absolute Gasteiger partial charge is 0.461 e. The maximum Gasteiger partial charge on any atom is 0.410 e. The van der Waals surface area contributed by atoms with Crippen molar-refractivity contribution in [3.63, 3.8) is 0 Å². The van der Waals surface area contributed by atoms with Gasteiger partial charge >= 0.3 is 12.1 Å². The molecule has 0 saturated carbocycles. The third kappa shape index (κ3) is 5.31. The van der Waals surface area contributed by atoms with Crippen molar-refractivity contribution in [1.82, 2.24) is 14.7 Å². The Morgan fingerprint density at radius 1 is 1.21 bits per heavy atom. The number of carbonyl (C=O) groups excluding carboxylic acids is 2. The Morgan fingerprint density at radius 3 is 2.52 bits per heavy atom. The van der Waals surface area contributed by atoms with Gasteiger partial charge in [-0.3, -0.25) is 4.68 Å². The third-order valence-corrected chi connectivity index (χ3v) is 5.31. The van der Waals surface area contributed by atoms with Crippen molar-refractivity contribution in [1.29, 1.82) is 0 Å². The number of hydrogen-bond acceptors (Lipinski definition) is 5. The summed E-state index contributed by atoms with van der Waals surface area (Å²) in [5.74, 6) is -1.43. The highest BCUT2D eigenvalue weighted by Gasteiger charge is 2.34. The Balaban J connectivity index is 2.03. The molecule has 1 unspecified atom stereocenters. The second kappa shape index (κ2) is 9.44. The van der Waals surface area contributed by atoms with Crippen LogP contribution in [-0.4, -0.2) is 45.5 Å². The molecule has 1 aromatic carbocycles. The number of nitrogens with zero attached hydrogens (tertiary/aromatic N) is 3. The van der Waals surface area contributed by atoms with Crippen LogP contribution in [0, 0.1) is 5.82 Å². The van der Waals surface area contributed by atoms with Crippen molar-refractivity contribution >= 4 is 12.1 Å². The van der Waals surface area contributed by atoms with Crippen molar-refractivity contribution < 1.29 is 32.2 Å². The number of halogens is 3. The van der Waals surface area contributed by atoms with Gasteiger partial charge in [0.2, 0.25) is 0 Å². The SMILES string of the molecule is CCOC(=O)c1nn(C(C)c2ccc(F)cc2C(F)F)c2c1CN(C(=O)OC(C)(C)C)CC2. The van der Waals surface area contributed by atoms with E-state index < -0.39 is 41.5 Å². The van der Waals surface area contributed by atoms with E-state index in [1.165, 1.54) is 15.6 Å². The van der Waals surface area contributed by atoms with Crippen LogP contribution in [0.5, 0.6) is 0 Å². The summed E-state index contributed by atoms with van der Waals surface area (Å²) < 4.78 is 52.9. The van der Waals surface area contributed by atoms with Gasteiger partial charge in [0.05, 0.1) is 19.2 Å². The molecule has 3 rings (SSSR count). The number of ether oxygens (including phenoxy) is 2. The summed E-state index contributed by atoms with van der Waals surface area (Å²) in [7, 11) is 0. The van der Waals surface area contributed by atoms with E-state index in [1.54, 1.807) is 34.6 Å². The van der Waals surface area contributed by atoms with Crippen LogP contribution in [0.25, 0.3) is 0 Å². The van der Waals surface area contributed by atoms with E-state index in [4.69, 9.17) is 9.47 Å². The minimum Gasteiger partial charge on any atom is -0.461 e. The predicted octanol–water partition coefficient (Wildman–Crippen LogP) is 5.04. The van der Waals surface area contributed by atoms with Gasteiger partial charge in [0.1, 0.15) is 11.4 Å². The lowest BCUT2D eigenvalue weighted by Gasteiger charge is -2.31. The number of fused-ring (bicyclic) bond motifs is 1. The maximum absolute atomic E-state index is 13.6. The molecule has 7 nitrogen and oxygen atoms in total. The van der Waals surface area contributed by atoms with Crippen LogP contribution in [0.3, 0.4) is 0 Å². The fraction of sp³-hybridized carbons (Fsp3) is 0.522. The van der Waals surface area contributed by atoms with Gasteiger partial charge in [-0.05, 0) is 52.3 Å². The monoisotopic (exact) mass is 467 g/mol. The number of aromatic nitrogens is 2. The molecule has 0 saturated heterocycles. The van der Waals surface area contributed by atoms with E-state index in [0.29, 0.717) is 24.2 Å². The minimum atomic E-state index is -2.88. The lowest BCUT2D eigenvalue weighted by Crippen LogP contribution is -2.40. The second-order valence-corrected chi connectivity index (χ2v) is 8.84. The molecule has 0 fully saturated rings. The highest BCUT2D eigenvalue weighted by Crippen LogP contribution is 2.33. The molecule has 0 radical (unpaired) electrons. The van der Waals surface area contributed by atoms with Crippen LogP contribution in [-0.2, 0) is 22.4 Å². The van der Waals surface area contributed by atoms with E-state index in [1.807, 2.05) is 0 Å². The van der Waals surface area contributed by atoms with E-state index in [2.05, 4.69) is 5.10 Å². The Labute approximate surface area is 190 Å². The van der Waals surface area contributed by atoms with Crippen molar-refractivity contribution in [3.8, 4) is 0 Å². The molecule has 1 aromatic heterocycles. The topological polar surface area (TPSA) is 73.7 Å². The predicted molar refractivity (Wildman–Crippen MR) is 114 cm³/mol. The maximum atomic E-state index is 13.6. The van der Waals surface area contributed by atoms with E-state index in [0.717, 1.165) is 12.1 Å². The summed E-state index contributed by atoms with van der Waals surface area (Å²) in [4.78, 5) is 26.7. The van der Waals surface area contributed by atoms with Gasteiger partial charge < -0.3 is 14.4 Å². The van der Waals surface area contributed by atoms with Gasteiger partial charge in [0.15, 0.2) is 5.69 Å². The molecule has 1 aliphatic heterocycles. The number of amides is 1. The van der Waals surface area contributed by atoms with Gasteiger partial charge in [0, 0.05) is 29.8 Å². The summed E-state index contributed by atoms with van der Waals surface area (Å²) in [5, 5.41) is 4.40. The average molecular weight is 467 g/mol. The highest BCUT2D eigenvalue weighted by atomic mass is 19.3. The zero-order chi connectivity index (χ0) is 24.5. The first-order chi connectivity index (χ1) is 15.4. The number of hydrogen-bond donors (Lipinski definition) is 0. The quantitative estimate of drug-likeness (QED) is 0.576. The smallest absolute Gasteiger partial charge is 0.410 e. The van der Waals surface area contributed by atoms with Crippen LogP contribution < -0.4 is 0 Å². The zero-order valence-corrected chi connectivity index (χ0v) is 19.3. The molecule has 0 aliphatic carbocycles. The lowest BCUT2D eigenvalue weighted by atomic mass is 10.00. The standard InChI is InChI=1S/C23H28F3N3O4/c1-6-32-21(30)19-17-12-28(22(31)33-23(3,4)5)10-9-18(17)29(27-19)13(2)15-8-7-14(24)11-16(15)20(25)26/h7-8,11,13,20H,6,9-10,12H2,1-5H3. The Bertz CT molecular complexity index is 1050. The Morgan fingerprint density at radius 2 is 1.91 bits per heavy atom. The van der Waals surface area contributed by atoms with Crippen LogP contribution >= 0.6 is 0 Å². The number of alkyl halides is 2. The summed E-state index contributed by atoms with van der Waals surface area (Å²) in [6.45, 7) is 9.07. The van der Waals surface area contributed by atoms with Crippen LogP contribution in [0.15, 0.2) is 18.2 Å². The van der Waals surface area contributed by atoms with Crippen molar-refractivity contribution in [2.45, 2.75) is 65.7 Å². The average Bonchev–Trinajstić information content (AvgIpc) is 3.11. The molecule has 2 aromatic rings. The molecule has 2 heterocycles. The molecule has 0 N–H and O–H groups in total. The molecular formula is C23H28F3N3O4. The molecular weight excluding hydrogens is 439 g/mol. The Kier molecular flexibility index (Phi) is 7.04. The van der Waals surface area contributed by atoms with Crippen LogP contribution in [0.4, 0.5) is 18.0 Å². The van der Waals surface area contributed by atoms with Gasteiger partial charge in [-0.1, -0.05) is 6.07 Å². The van der Waals surface area contributed by atoms with Gasteiger partial charge in [-0.2, -0.15) is 5.10 Å². The molecule has 1 atom stereocenters. The molecule has 0 bridgehead atoms. The molecule has 1 amide bonds. The fourth-order valence-electron chi connectivity index (χ4n) is 3.86. The third-order valence-electron chi connectivity index (χ3n) is 5.31. The van der Waals surface area contributed by atoms with Gasteiger partial charge in [-0.25, -0.2) is 22.8 Å². The van der Waals surface area contributed by atoms with Crippen LogP contribution in [0.2, 0.25) is 0 Å². The first kappa shape index (κ1) is 24.6. The normalized spacial score (nSPS) is 14.8. The van der Waals surface area contributed by atoms with E-state index in [-0.39, 0.29) is 24.4 Å². The summed E-state index contributed by atoms with van der Waals surface area (Å²) >= 11 is 0. The molecule has 0 spiro atoms. The van der Waals surface area contributed by atoms with Crippen LogP contribution in [0.1, 0.15) is 80.0 Å². The minimum absolute atomic E-state index is 0.0210. The fourth-order valence-corrected chi connectivity index (χ4v) is 3.86.